The molecule has 0 saturated carbocycles. The predicted molar refractivity (Wildman–Crippen MR) is 51.3 cm³/mol. The van der Waals surface area contributed by atoms with Crippen LogP contribution in [-0.4, -0.2) is 40.1 Å². The Hall–Kier alpha value is -0.520. The summed E-state index contributed by atoms with van der Waals surface area (Å²) in [6.45, 7) is -0.278. The lowest BCUT2D eigenvalue weighted by molar-refractivity contribution is -0.138. The van der Waals surface area contributed by atoms with Crippen LogP contribution in [0.5, 0.6) is 0 Å². The van der Waals surface area contributed by atoms with Crippen molar-refractivity contribution in [3.8, 4) is 0 Å². The molecule has 1 amide bonds. The molecule has 1 atom stereocenters. The number of amides is 1. The molecule has 14 heavy (non-hydrogen) atoms. The molecule has 0 aliphatic carbocycles. The number of aliphatic hydroxyl groups excluding tert-OH is 1. The minimum atomic E-state index is -1.18. The minimum Gasteiger partial charge on any atom is -0.481 e. The predicted octanol–water partition coefficient (Wildman–Crippen LogP) is -0.0105. The number of carbonyl (C=O) groups is 2. The van der Waals surface area contributed by atoms with Gasteiger partial charge in [-0.25, -0.2) is 0 Å². The molecule has 7 heteroatoms. The van der Waals surface area contributed by atoms with E-state index in [9.17, 15) is 9.59 Å². The number of halogens is 2. The smallest absolute Gasteiger partial charge is 0.303 e. The minimum absolute atomic E-state index is 0.0393. The van der Waals surface area contributed by atoms with Gasteiger partial charge in [0.25, 0.3) is 5.91 Å². The second-order valence-electron chi connectivity index (χ2n) is 2.69. The molecular weight excluding hydrogens is 233 g/mol. The number of alkyl halides is 2. The monoisotopic (exact) mass is 243 g/mol. The third-order valence-electron chi connectivity index (χ3n) is 1.48. The van der Waals surface area contributed by atoms with Crippen LogP contribution in [-0.2, 0) is 9.59 Å². The molecule has 3 N–H and O–H groups in total. The van der Waals surface area contributed by atoms with Crippen molar-refractivity contribution in [1.29, 1.82) is 0 Å². The van der Waals surface area contributed by atoms with Crippen molar-refractivity contribution >= 4 is 35.1 Å². The van der Waals surface area contributed by atoms with Crippen molar-refractivity contribution in [1.82, 2.24) is 5.32 Å². The second kappa shape index (κ2) is 6.86. The zero-order valence-corrected chi connectivity index (χ0v) is 8.75. The van der Waals surface area contributed by atoms with Crippen LogP contribution in [0.15, 0.2) is 0 Å². The number of carboxylic acid groups (broad SMARTS) is 1. The fraction of sp³-hybridized carbons (Fsp3) is 0.714. The van der Waals surface area contributed by atoms with Crippen LogP contribution in [0.2, 0.25) is 0 Å². The number of aliphatic hydroxyl groups is 1. The van der Waals surface area contributed by atoms with Gasteiger partial charge in [-0.05, 0) is 0 Å². The van der Waals surface area contributed by atoms with E-state index in [1.165, 1.54) is 0 Å². The highest BCUT2D eigenvalue weighted by molar-refractivity contribution is 6.53. The van der Waals surface area contributed by atoms with E-state index in [4.69, 9.17) is 33.4 Å². The van der Waals surface area contributed by atoms with E-state index in [1.54, 1.807) is 0 Å². The first-order valence-electron chi connectivity index (χ1n) is 3.86. The Bertz CT molecular complexity index is 210. The summed E-state index contributed by atoms with van der Waals surface area (Å²) in [4.78, 5) is 19.9. The first-order valence-corrected chi connectivity index (χ1v) is 4.73. The van der Waals surface area contributed by atoms with Gasteiger partial charge in [-0.3, -0.25) is 9.59 Å². The zero-order chi connectivity index (χ0) is 11.1. The number of carboxylic acids is 1. The van der Waals surface area contributed by atoms with Crippen LogP contribution in [0.4, 0.5) is 0 Å². The number of carbonyl (C=O) groups excluding carboxylic acids is 1. The largest absolute Gasteiger partial charge is 0.481 e. The van der Waals surface area contributed by atoms with Gasteiger partial charge in [0.1, 0.15) is 0 Å². The molecule has 0 aromatic carbocycles. The summed E-state index contributed by atoms with van der Waals surface area (Å²) in [6, 6.07) is 0. The molecular formula is C7H11Cl2NO4. The van der Waals surface area contributed by atoms with Crippen molar-refractivity contribution in [2.24, 2.45) is 5.92 Å². The van der Waals surface area contributed by atoms with Gasteiger partial charge in [0, 0.05) is 19.1 Å². The maximum Gasteiger partial charge on any atom is 0.303 e. The van der Waals surface area contributed by atoms with Gasteiger partial charge in [0.05, 0.1) is 6.42 Å². The van der Waals surface area contributed by atoms with Gasteiger partial charge in [0.2, 0.25) is 0 Å². The Balaban J connectivity index is 3.83. The van der Waals surface area contributed by atoms with Crippen molar-refractivity contribution in [2.45, 2.75) is 11.3 Å². The molecule has 0 aliphatic rings. The van der Waals surface area contributed by atoms with Crippen LogP contribution in [0, 0.1) is 5.92 Å². The first-order chi connectivity index (χ1) is 6.47. The van der Waals surface area contributed by atoms with E-state index in [0.717, 1.165) is 0 Å². The lowest BCUT2D eigenvalue weighted by Crippen LogP contribution is -2.34. The molecule has 0 saturated heterocycles. The Labute approximate surface area is 91.0 Å². The quantitative estimate of drug-likeness (QED) is 0.573. The Morgan fingerprint density at radius 1 is 1.36 bits per heavy atom. The van der Waals surface area contributed by atoms with E-state index in [-0.39, 0.29) is 19.6 Å². The van der Waals surface area contributed by atoms with Crippen LogP contribution in [0.1, 0.15) is 6.42 Å². The summed E-state index contributed by atoms with van der Waals surface area (Å²) >= 11 is 10.5. The molecule has 0 fully saturated rings. The van der Waals surface area contributed by atoms with Gasteiger partial charge in [0.15, 0.2) is 4.84 Å². The molecule has 0 spiro atoms. The SMILES string of the molecule is O=C(O)CC(CO)CNC(=O)C(Cl)Cl. The first kappa shape index (κ1) is 13.5. The summed E-state index contributed by atoms with van der Waals surface area (Å²) in [5.74, 6) is -2.16. The lowest BCUT2D eigenvalue weighted by atomic mass is 10.1. The highest BCUT2D eigenvalue weighted by Crippen LogP contribution is 2.03. The average Bonchev–Trinajstić information content (AvgIpc) is 2.10. The Morgan fingerprint density at radius 2 is 1.93 bits per heavy atom. The van der Waals surface area contributed by atoms with Gasteiger partial charge in [-0.2, -0.15) is 0 Å². The van der Waals surface area contributed by atoms with Crippen molar-refractivity contribution in [3.63, 3.8) is 0 Å². The highest BCUT2D eigenvalue weighted by Gasteiger charge is 2.16. The molecule has 82 valence electrons. The summed E-state index contributed by atoms with van der Waals surface area (Å²) in [5.41, 5.74) is 0. The van der Waals surface area contributed by atoms with E-state index in [2.05, 4.69) is 5.32 Å². The topological polar surface area (TPSA) is 86.6 Å². The Morgan fingerprint density at radius 3 is 2.29 bits per heavy atom. The summed E-state index contributed by atoms with van der Waals surface area (Å²) < 4.78 is 0. The third kappa shape index (κ3) is 6.01. The van der Waals surface area contributed by atoms with Gasteiger partial charge >= 0.3 is 5.97 Å². The zero-order valence-electron chi connectivity index (χ0n) is 7.24. The third-order valence-corrected chi connectivity index (χ3v) is 1.88. The van der Waals surface area contributed by atoms with E-state index in [1.807, 2.05) is 0 Å². The standard InChI is InChI=1S/C7H11Cl2NO4/c8-6(9)7(14)10-2-4(3-11)1-5(12)13/h4,6,11H,1-3H2,(H,10,14)(H,12,13). The lowest BCUT2D eigenvalue weighted by Gasteiger charge is -2.12. The van der Waals surface area contributed by atoms with Crippen LogP contribution < -0.4 is 5.32 Å². The molecule has 0 bridgehead atoms. The van der Waals surface area contributed by atoms with Crippen molar-refractivity contribution < 1.29 is 19.8 Å². The maximum absolute atomic E-state index is 10.8. The fourth-order valence-electron chi connectivity index (χ4n) is 0.770. The highest BCUT2D eigenvalue weighted by atomic mass is 35.5. The molecule has 0 heterocycles. The van der Waals surface area contributed by atoms with Crippen molar-refractivity contribution in [2.75, 3.05) is 13.2 Å². The summed E-state index contributed by atoms with van der Waals surface area (Å²) in [7, 11) is 0. The van der Waals surface area contributed by atoms with Crippen LogP contribution >= 0.6 is 23.2 Å². The van der Waals surface area contributed by atoms with Gasteiger partial charge in [-0.1, -0.05) is 23.2 Å². The molecule has 0 aromatic heterocycles. The molecule has 0 radical (unpaired) electrons. The van der Waals surface area contributed by atoms with Crippen molar-refractivity contribution in [3.05, 3.63) is 0 Å². The number of aliphatic carboxylic acids is 1. The normalized spacial score (nSPS) is 12.6. The van der Waals surface area contributed by atoms with E-state index < -0.39 is 22.6 Å². The fourth-order valence-corrected chi connectivity index (χ4v) is 0.925. The van der Waals surface area contributed by atoms with E-state index >= 15 is 0 Å². The molecule has 1 unspecified atom stereocenters. The molecule has 0 aromatic rings. The van der Waals surface area contributed by atoms with Crippen LogP contribution in [0.3, 0.4) is 0 Å². The average molecular weight is 244 g/mol. The number of rotatable bonds is 6. The number of hydrogen-bond acceptors (Lipinski definition) is 3. The van der Waals surface area contributed by atoms with E-state index in [0.29, 0.717) is 0 Å². The maximum atomic E-state index is 10.8. The number of nitrogens with one attached hydrogen (secondary N) is 1. The molecule has 0 aliphatic heterocycles. The second-order valence-corrected chi connectivity index (χ2v) is 3.79. The molecule has 5 nitrogen and oxygen atoms in total. The summed E-state index contributed by atoms with van der Waals surface area (Å²) in [5, 5.41) is 19.5. The number of hydrogen-bond donors (Lipinski definition) is 3. The Kier molecular flexibility index (Phi) is 6.61. The summed E-state index contributed by atoms with van der Waals surface area (Å²) in [6.07, 6.45) is -0.216. The van der Waals surface area contributed by atoms with Gasteiger partial charge in [-0.15, -0.1) is 0 Å². The van der Waals surface area contributed by atoms with Crippen LogP contribution in [0.25, 0.3) is 0 Å². The van der Waals surface area contributed by atoms with Gasteiger partial charge < -0.3 is 15.5 Å². The molecule has 0 rings (SSSR count).